The van der Waals surface area contributed by atoms with Gasteiger partial charge in [0.15, 0.2) is 0 Å². The number of hydrogen-bond acceptors (Lipinski definition) is 3. The van der Waals surface area contributed by atoms with E-state index in [0.717, 1.165) is 12.0 Å². The van der Waals surface area contributed by atoms with Crippen LogP contribution in [0, 0.1) is 0 Å². The van der Waals surface area contributed by atoms with Crippen molar-refractivity contribution in [1.82, 2.24) is 5.32 Å². The van der Waals surface area contributed by atoms with Gasteiger partial charge in [-0.3, -0.25) is 4.79 Å². The van der Waals surface area contributed by atoms with Crippen molar-refractivity contribution < 1.29 is 14.3 Å². The zero-order valence-corrected chi connectivity index (χ0v) is 13.4. The molecule has 2 aromatic carbocycles. The first-order valence-corrected chi connectivity index (χ1v) is 7.45. The van der Waals surface area contributed by atoms with Crippen LogP contribution in [0.2, 0.25) is 0 Å². The Labute approximate surface area is 136 Å². The van der Waals surface area contributed by atoms with Crippen molar-refractivity contribution >= 4 is 12.0 Å². The molecule has 0 saturated carbocycles. The first-order valence-electron chi connectivity index (χ1n) is 7.45. The Balaban J connectivity index is 1.93. The summed E-state index contributed by atoms with van der Waals surface area (Å²) in [6.45, 7) is 0.593. The number of carbonyl (C=O) groups is 1. The standard InChI is InChI=1S/C19H21NO3/c1-22-17-9-6-10-18(23-2)16(17)11-12-19(21)20-14-13-15-7-4-3-5-8-15/h3-12H,13-14H2,1-2H3,(H,20,21). The van der Waals surface area contributed by atoms with E-state index >= 15 is 0 Å². The molecule has 0 unspecified atom stereocenters. The molecule has 0 aromatic heterocycles. The van der Waals surface area contributed by atoms with Gasteiger partial charge in [-0.05, 0) is 30.2 Å². The van der Waals surface area contributed by atoms with E-state index < -0.39 is 0 Å². The van der Waals surface area contributed by atoms with Crippen molar-refractivity contribution in [3.63, 3.8) is 0 Å². The van der Waals surface area contributed by atoms with Gasteiger partial charge in [-0.25, -0.2) is 0 Å². The van der Waals surface area contributed by atoms with E-state index in [2.05, 4.69) is 5.32 Å². The molecule has 120 valence electrons. The average Bonchev–Trinajstić information content (AvgIpc) is 2.60. The average molecular weight is 311 g/mol. The second-order valence-electron chi connectivity index (χ2n) is 4.94. The lowest BCUT2D eigenvalue weighted by Gasteiger charge is -2.09. The molecule has 0 atom stereocenters. The first kappa shape index (κ1) is 16.6. The second-order valence-corrected chi connectivity index (χ2v) is 4.94. The summed E-state index contributed by atoms with van der Waals surface area (Å²) in [6.07, 6.45) is 4.00. The smallest absolute Gasteiger partial charge is 0.244 e. The highest BCUT2D eigenvalue weighted by atomic mass is 16.5. The summed E-state index contributed by atoms with van der Waals surface area (Å²) in [5, 5.41) is 2.87. The van der Waals surface area contributed by atoms with Gasteiger partial charge in [0.1, 0.15) is 11.5 Å². The summed E-state index contributed by atoms with van der Waals surface area (Å²) in [5.41, 5.74) is 1.94. The van der Waals surface area contributed by atoms with E-state index in [1.54, 1.807) is 20.3 Å². The van der Waals surface area contributed by atoms with Crippen LogP contribution in [0.1, 0.15) is 11.1 Å². The van der Waals surface area contributed by atoms with Gasteiger partial charge in [-0.15, -0.1) is 0 Å². The molecule has 4 heteroatoms. The van der Waals surface area contributed by atoms with Gasteiger partial charge in [0, 0.05) is 12.6 Å². The molecule has 4 nitrogen and oxygen atoms in total. The first-order chi connectivity index (χ1) is 11.2. The predicted octanol–water partition coefficient (Wildman–Crippen LogP) is 3.08. The van der Waals surface area contributed by atoms with Gasteiger partial charge in [0.05, 0.1) is 19.8 Å². The summed E-state index contributed by atoms with van der Waals surface area (Å²) in [5.74, 6) is 1.18. The van der Waals surface area contributed by atoms with Crippen LogP contribution in [-0.2, 0) is 11.2 Å². The fourth-order valence-corrected chi connectivity index (χ4v) is 2.24. The maximum absolute atomic E-state index is 11.9. The van der Waals surface area contributed by atoms with Crippen LogP contribution in [0.3, 0.4) is 0 Å². The van der Waals surface area contributed by atoms with E-state index in [1.807, 2.05) is 48.5 Å². The van der Waals surface area contributed by atoms with E-state index in [9.17, 15) is 4.79 Å². The molecule has 23 heavy (non-hydrogen) atoms. The fourth-order valence-electron chi connectivity index (χ4n) is 2.24. The third-order valence-electron chi connectivity index (χ3n) is 3.42. The zero-order chi connectivity index (χ0) is 16.5. The monoisotopic (exact) mass is 311 g/mol. The van der Waals surface area contributed by atoms with Crippen LogP contribution < -0.4 is 14.8 Å². The number of ether oxygens (including phenoxy) is 2. The molecule has 0 spiro atoms. The Hall–Kier alpha value is -2.75. The number of amides is 1. The second kappa shape index (κ2) is 8.63. The van der Waals surface area contributed by atoms with Gasteiger partial charge >= 0.3 is 0 Å². The predicted molar refractivity (Wildman–Crippen MR) is 91.7 cm³/mol. The van der Waals surface area contributed by atoms with E-state index in [1.165, 1.54) is 11.6 Å². The Morgan fingerprint density at radius 1 is 1.00 bits per heavy atom. The summed E-state index contributed by atoms with van der Waals surface area (Å²) in [6, 6.07) is 15.5. The SMILES string of the molecule is COc1cccc(OC)c1C=CC(=O)NCCc1ccccc1. The van der Waals surface area contributed by atoms with Gasteiger partial charge in [0.2, 0.25) is 5.91 Å². The van der Waals surface area contributed by atoms with E-state index in [-0.39, 0.29) is 5.91 Å². The Morgan fingerprint density at radius 2 is 1.65 bits per heavy atom. The Morgan fingerprint density at radius 3 is 2.26 bits per heavy atom. The van der Waals surface area contributed by atoms with Crippen molar-refractivity contribution in [1.29, 1.82) is 0 Å². The lowest BCUT2D eigenvalue weighted by Crippen LogP contribution is -2.23. The van der Waals surface area contributed by atoms with Crippen LogP contribution in [0.5, 0.6) is 11.5 Å². The maximum atomic E-state index is 11.9. The van der Waals surface area contributed by atoms with Crippen LogP contribution >= 0.6 is 0 Å². The van der Waals surface area contributed by atoms with E-state index in [4.69, 9.17) is 9.47 Å². The summed E-state index contributed by atoms with van der Waals surface area (Å²) in [4.78, 5) is 11.9. The van der Waals surface area contributed by atoms with Crippen molar-refractivity contribution in [3.8, 4) is 11.5 Å². The van der Waals surface area contributed by atoms with Gasteiger partial charge in [-0.1, -0.05) is 36.4 Å². The highest BCUT2D eigenvalue weighted by Gasteiger charge is 2.06. The Bertz CT molecular complexity index is 643. The van der Waals surface area contributed by atoms with Gasteiger partial charge < -0.3 is 14.8 Å². The molecule has 2 aromatic rings. The third kappa shape index (κ3) is 4.88. The van der Waals surface area contributed by atoms with Crippen LogP contribution in [0.15, 0.2) is 54.6 Å². The van der Waals surface area contributed by atoms with Crippen LogP contribution in [0.25, 0.3) is 6.08 Å². The van der Waals surface area contributed by atoms with Crippen LogP contribution in [0.4, 0.5) is 0 Å². The number of rotatable bonds is 7. The summed E-state index contributed by atoms with van der Waals surface area (Å²) < 4.78 is 10.6. The molecule has 0 radical (unpaired) electrons. The van der Waals surface area contributed by atoms with Crippen molar-refractivity contribution in [3.05, 3.63) is 65.7 Å². The molecule has 0 fully saturated rings. The largest absolute Gasteiger partial charge is 0.496 e. The Kier molecular flexibility index (Phi) is 6.24. The number of nitrogens with one attached hydrogen (secondary N) is 1. The molecule has 0 aliphatic carbocycles. The molecule has 1 amide bonds. The molecule has 2 rings (SSSR count). The fraction of sp³-hybridized carbons (Fsp3) is 0.211. The van der Waals surface area contributed by atoms with Crippen molar-refractivity contribution in [2.75, 3.05) is 20.8 Å². The summed E-state index contributed by atoms with van der Waals surface area (Å²) >= 11 is 0. The lowest BCUT2D eigenvalue weighted by molar-refractivity contribution is -0.116. The minimum absolute atomic E-state index is 0.145. The van der Waals surface area contributed by atoms with Crippen molar-refractivity contribution in [2.24, 2.45) is 0 Å². The maximum Gasteiger partial charge on any atom is 0.244 e. The van der Waals surface area contributed by atoms with Crippen LogP contribution in [-0.4, -0.2) is 26.7 Å². The summed E-state index contributed by atoms with van der Waals surface area (Å²) in [7, 11) is 3.18. The minimum atomic E-state index is -0.145. The number of methoxy groups -OCH3 is 2. The molecule has 0 aliphatic heterocycles. The third-order valence-corrected chi connectivity index (χ3v) is 3.42. The molecule has 0 bridgehead atoms. The van der Waals surface area contributed by atoms with Crippen molar-refractivity contribution in [2.45, 2.75) is 6.42 Å². The lowest BCUT2D eigenvalue weighted by atomic mass is 10.1. The normalized spacial score (nSPS) is 10.5. The molecular weight excluding hydrogens is 290 g/mol. The highest BCUT2D eigenvalue weighted by molar-refractivity contribution is 5.92. The highest BCUT2D eigenvalue weighted by Crippen LogP contribution is 2.29. The molecule has 1 N–H and O–H groups in total. The van der Waals surface area contributed by atoms with Gasteiger partial charge in [-0.2, -0.15) is 0 Å². The zero-order valence-electron chi connectivity index (χ0n) is 13.4. The molecule has 0 saturated heterocycles. The molecule has 0 aliphatic rings. The topological polar surface area (TPSA) is 47.6 Å². The number of hydrogen-bond donors (Lipinski definition) is 1. The molecule has 0 heterocycles. The minimum Gasteiger partial charge on any atom is -0.496 e. The van der Waals surface area contributed by atoms with E-state index in [0.29, 0.717) is 18.0 Å². The quantitative estimate of drug-likeness (QED) is 0.799. The molecular formula is C19H21NO3. The van der Waals surface area contributed by atoms with Gasteiger partial charge in [0.25, 0.3) is 0 Å². The number of benzene rings is 2. The number of carbonyl (C=O) groups excluding carboxylic acids is 1.